The van der Waals surface area contributed by atoms with Crippen LogP contribution in [0.1, 0.15) is 46.2 Å². The van der Waals surface area contributed by atoms with Gasteiger partial charge in [0.2, 0.25) is 5.91 Å². The number of nitrogens with one attached hydrogen (secondary N) is 2. The lowest BCUT2D eigenvalue weighted by Crippen LogP contribution is -2.36. The monoisotopic (exact) mass is 292 g/mol. The van der Waals surface area contributed by atoms with Crippen LogP contribution in [0, 0.1) is 5.92 Å². The van der Waals surface area contributed by atoms with Crippen LogP contribution in [0.5, 0.6) is 5.75 Å². The fraction of sp³-hybridized carbons (Fsp3) is 0.588. The molecule has 0 aliphatic heterocycles. The van der Waals surface area contributed by atoms with E-state index in [0.29, 0.717) is 6.54 Å². The minimum Gasteiger partial charge on any atom is -0.491 e. The van der Waals surface area contributed by atoms with Gasteiger partial charge in [0.1, 0.15) is 5.75 Å². The molecule has 0 aliphatic carbocycles. The summed E-state index contributed by atoms with van der Waals surface area (Å²) in [7, 11) is 0. The number of rotatable bonds is 8. The molecule has 2 unspecified atom stereocenters. The first-order valence-corrected chi connectivity index (χ1v) is 7.71. The number of hydrogen-bond acceptors (Lipinski definition) is 3. The third-order valence-corrected chi connectivity index (χ3v) is 3.24. The molecular weight excluding hydrogens is 264 g/mol. The third kappa shape index (κ3) is 6.17. The summed E-state index contributed by atoms with van der Waals surface area (Å²) in [6.45, 7) is 11.5. The van der Waals surface area contributed by atoms with E-state index < -0.39 is 0 Å². The molecule has 0 radical (unpaired) electrons. The fourth-order valence-corrected chi connectivity index (χ4v) is 2.02. The average Bonchev–Trinajstić information content (AvgIpc) is 2.44. The first-order valence-electron chi connectivity index (χ1n) is 7.71. The quantitative estimate of drug-likeness (QED) is 0.774. The van der Waals surface area contributed by atoms with Gasteiger partial charge in [-0.3, -0.25) is 4.79 Å². The van der Waals surface area contributed by atoms with Crippen LogP contribution in [0.3, 0.4) is 0 Å². The number of benzene rings is 1. The Bertz CT molecular complexity index is 446. The lowest BCUT2D eigenvalue weighted by atomic mass is 10.1. The van der Waals surface area contributed by atoms with Gasteiger partial charge in [-0.2, -0.15) is 0 Å². The van der Waals surface area contributed by atoms with Gasteiger partial charge in [-0.1, -0.05) is 26.0 Å². The van der Waals surface area contributed by atoms with Crippen molar-refractivity contribution in [3.63, 3.8) is 0 Å². The Kier molecular flexibility index (Phi) is 7.23. The molecule has 0 saturated carbocycles. The molecule has 4 heteroatoms. The van der Waals surface area contributed by atoms with Crippen LogP contribution in [0.2, 0.25) is 0 Å². The van der Waals surface area contributed by atoms with Crippen LogP contribution >= 0.6 is 0 Å². The molecule has 21 heavy (non-hydrogen) atoms. The van der Waals surface area contributed by atoms with Crippen molar-refractivity contribution in [2.45, 2.75) is 46.8 Å². The Labute approximate surface area is 128 Å². The fourth-order valence-electron chi connectivity index (χ4n) is 2.02. The predicted molar refractivity (Wildman–Crippen MR) is 86.5 cm³/mol. The maximum Gasteiger partial charge on any atom is 0.224 e. The highest BCUT2D eigenvalue weighted by Gasteiger charge is 2.16. The minimum absolute atomic E-state index is 0.0303. The number of ether oxygens (including phenoxy) is 1. The summed E-state index contributed by atoms with van der Waals surface area (Å²) in [6.07, 6.45) is 0.144. The molecule has 0 aromatic heterocycles. The van der Waals surface area contributed by atoms with E-state index in [9.17, 15) is 4.79 Å². The van der Waals surface area contributed by atoms with Gasteiger partial charge in [-0.05, 0) is 45.0 Å². The van der Waals surface area contributed by atoms with Crippen LogP contribution in [0.25, 0.3) is 0 Å². The van der Waals surface area contributed by atoms with E-state index in [1.165, 1.54) is 0 Å². The second kappa shape index (κ2) is 8.67. The minimum atomic E-state index is -0.0394. The van der Waals surface area contributed by atoms with Crippen molar-refractivity contribution in [2.24, 2.45) is 5.92 Å². The normalized spacial score (nSPS) is 13.8. The van der Waals surface area contributed by atoms with Crippen molar-refractivity contribution >= 4 is 5.91 Å². The Morgan fingerprint density at radius 3 is 2.57 bits per heavy atom. The van der Waals surface area contributed by atoms with Gasteiger partial charge in [-0.15, -0.1) is 0 Å². The molecule has 0 bridgehead atoms. The van der Waals surface area contributed by atoms with Crippen molar-refractivity contribution in [2.75, 3.05) is 13.1 Å². The number of carbonyl (C=O) groups excluding carboxylic acids is 1. The van der Waals surface area contributed by atoms with E-state index in [2.05, 4.69) is 10.6 Å². The molecule has 0 aliphatic rings. The summed E-state index contributed by atoms with van der Waals surface area (Å²) in [6, 6.07) is 7.86. The molecule has 118 valence electrons. The van der Waals surface area contributed by atoms with E-state index >= 15 is 0 Å². The molecule has 1 aromatic rings. The molecule has 4 nitrogen and oxygen atoms in total. The molecule has 2 atom stereocenters. The summed E-state index contributed by atoms with van der Waals surface area (Å²) < 4.78 is 5.69. The molecule has 1 rings (SSSR count). The number of carbonyl (C=O) groups is 1. The van der Waals surface area contributed by atoms with Crippen LogP contribution < -0.4 is 15.4 Å². The smallest absolute Gasteiger partial charge is 0.224 e. The molecule has 1 amide bonds. The molecule has 2 N–H and O–H groups in total. The summed E-state index contributed by atoms with van der Waals surface area (Å²) >= 11 is 0. The highest BCUT2D eigenvalue weighted by molar-refractivity contribution is 5.79. The van der Waals surface area contributed by atoms with Crippen molar-refractivity contribution in [3.8, 4) is 5.75 Å². The highest BCUT2D eigenvalue weighted by atomic mass is 16.5. The standard InChI is InChI=1S/C17H28N2O2/c1-6-18-11-13(4)17(20)19-14(5)15-8-7-9-16(10-15)21-12(2)3/h7-10,12-14,18H,6,11H2,1-5H3,(H,19,20). The van der Waals surface area contributed by atoms with Crippen LogP contribution in [-0.4, -0.2) is 25.1 Å². The zero-order valence-electron chi connectivity index (χ0n) is 13.8. The van der Waals surface area contributed by atoms with Gasteiger partial charge in [0, 0.05) is 12.5 Å². The summed E-state index contributed by atoms with van der Waals surface area (Å²) in [5.41, 5.74) is 1.05. The van der Waals surface area contributed by atoms with Gasteiger partial charge in [0.25, 0.3) is 0 Å². The van der Waals surface area contributed by atoms with Crippen LogP contribution in [0.15, 0.2) is 24.3 Å². The van der Waals surface area contributed by atoms with Crippen molar-refractivity contribution < 1.29 is 9.53 Å². The first kappa shape index (κ1) is 17.5. The molecule has 0 fully saturated rings. The van der Waals surface area contributed by atoms with Gasteiger partial charge >= 0.3 is 0 Å². The zero-order valence-corrected chi connectivity index (χ0v) is 13.8. The van der Waals surface area contributed by atoms with Gasteiger partial charge in [-0.25, -0.2) is 0 Å². The van der Waals surface area contributed by atoms with Crippen LogP contribution in [-0.2, 0) is 4.79 Å². The lowest BCUT2D eigenvalue weighted by Gasteiger charge is -2.19. The average molecular weight is 292 g/mol. The third-order valence-electron chi connectivity index (χ3n) is 3.24. The SMILES string of the molecule is CCNCC(C)C(=O)NC(C)c1cccc(OC(C)C)c1. The maximum absolute atomic E-state index is 12.1. The Hall–Kier alpha value is -1.55. The first-order chi connectivity index (χ1) is 9.93. The molecule has 0 saturated heterocycles. The topological polar surface area (TPSA) is 50.4 Å². The number of hydrogen-bond donors (Lipinski definition) is 2. The predicted octanol–water partition coefficient (Wildman–Crippen LogP) is 2.90. The Balaban J connectivity index is 2.62. The van der Waals surface area contributed by atoms with Crippen molar-refractivity contribution in [3.05, 3.63) is 29.8 Å². The summed E-state index contributed by atoms with van der Waals surface area (Å²) in [5.74, 6) is 0.866. The molecule has 1 aromatic carbocycles. The lowest BCUT2D eigenvalue weighted by molar-refractivity contribution is -0.125. The van der Waals surface area contributed by atoms with E-state index in [1.54, 1.807) is 0 Å². The molecule has 0 spiro atoms. The largest absolute Gasteiger partial charge is 0.491 e. The van der Waals surface area contributed by atoms with E-state index in [4.69, 9.17) is 4.74 Å². The summed E-state index contributed by atoms with van der Waals surface area (Å²) in [5, 5.41) is 6.24. The highest BCUT2D eigenvalue weighted by Crippen LogP contribution is 2.20. The Morgan fingerprint density at radius 2 is 1.95 bits per heavy atom. The van der Waals surface area contributed by atoms with Crippen molar-refractivity contribution in [1.29, 1.82) is 0 Å². The second-order valence-corrected chi connectivity index (χ2v) is 5.68. The van der Waals surface area contributed by atoms with Gasteiger partial charge in [0.15, 0.2) is 0 Å². The maximum atomic E-state index is 12.1. The van der Waals surface area contributed by atoms with E-state index in [0.717, 1.165) is 17.9 Å². The second-order valence-electron chi connectivity index (χ2n) is 5.68. The summed E-state index contributed by atoms with van der Waals surface area (Å²) in [4.78, 5) is 12.1. The van der Waals surface area contributed by atoms with E-state index in [-0.39, 0.29) is 24.0 Å². The Morgan fingerprint density at radius 1 is 1.24 bits per heavy atom. The van der Waals surface area contributed by atoms with Gasteiger partial charge < -0.3 is 15.4 Å². The molecular formula is C17H28N2O2. The molecule has 0 heterocycles. The number of amides is 1. The van der Waals surface area contributed by atoms with Crippen molar-refractivity contribution in [1.82, 2.24) is 10.6 Å². The van der Waals surface area contributed by atoms with Crippen LogP contribution in [0.4, 0.5) is 0 Å². The van der Waals surface area contributed by atoms with Gasteiger partial charge in [0.05, 0.1) is 12.1 Å². The van der Waals surface area contributed by atoms with E-state index in [1.807, 2.05) is 58.9 Å². The zero-order chi connectivity index (χ0) is 15.8.